The van der Waals surface area contributed by atoms with Crippen molar-refractivity contribution >= 4 is 34.0 Å². The highest BCUT2D eigenvalue weighted by molar-refractivity contribution is 7.15. The highest BCUT2D eigenvalue weighted by Crippen LogP contribution is 2.24. The fraction of sp³-hybridized carbons (Fsp3) is 0.176. The largest absolute Gasteiger partial charge is 0.491 e. The van der Waals surface area contributed by atoms with Crippen molar-refractivity contribution in [2.75, 3.05) is 11.9 Å². The molecule has 1 N–H and O–H groups in total. The molecule has 0 aliphatic heterocycles. The van der Waals surface area contributed by atoms with Gasteiger partial charge in [0.2, 0.25) is 5.91 Å². The fourth-order valence-electron chi connectivity index (χ4n) is 2.11. The zero-order valence-corrected chi connectivity index (χ0v) is 13.5. The van der Waals surface area contributed by atoms with Crippen LogP contribution in [0.15, 0.2) is 48.1 Å². The van der Waals surface area contributed by atoms with E-state index >= 15 is 0 Å². The number of para-hydroxylation sites is 2. The number of hydrogen-bond donors (Lipinski definition) is 1. The van der Waals surface area contributed by atoms with E-state index < -0.39 is 0 Å². The number of amides is 1. The summed E-state index contributed by atoms with van der Waals surface area (Å²) in [7, 11) is 0. The summed E-state index contributed by atoms with van der Waals surface area (Å²) in [4.78, 5) is 17.3. The maximum atomic E-state index is 12.1. The van der Waals surface area contributed by atoms with Crippen LogP contribution in [-0.2, 0) is 4.79 Å². The normalized spacial score (nSPS) is 11.2. The molecule has 1 aromatic carbocycles. The van der Waals surface area contributed by atoms with Gasteiger partial charge in [-0.25, -0.2) is 4.98 Å². The van der Waals surface area contributed by atoms with Crippen LogP contribution in [0.1, 0.15) is 19.0 Å². The van der Waals surface area contributed by atoms with Crippen LogP contribution >= 0.6 is 11.3 Å². The highest BCUT2D eigenvalue weighted by atomic mass is 32.1. The summed E-state index contributed by atoms with van der Waals surface area (Å²) in [5.41, 5.74) is 1.54. The van der Waals surface area contributed by atoms with Crippen LogP contribution < -0.4 is 10.1 Å². The summed E-state index contributed by atoms with van der Waals surface area (Å²) in [6.07, 6.45) is 7.84. The Morgan fingerprint density at radius 1 is 1.43 bits per heavy atom. The molecule has 6 heteroatoms. The Balaban J connectivity index is 1.70. The Labute approximate surface area is 138 Å². The van der Waals surface area contributed by atoms with E-state index in [9.17, 15) is 4.79 Å². The first kappa shape index (κ1) is 15.3. The maximum Gasteiger partial charge on any atom is 0.248 e. The van der Waals surface area contributed by atoms with Gasteiger partial charge in [-0.05, 0) is 24.6 Å². The van der Waals surface area contributed by atoms with E-state index in [2.05, 4.69) is 10.3 Å². The minimum absolute atomic E-state index is 0.206. The average Bonchev–Trinajstić information content (AvgIpc) is 3.16. The lowest BCUT2D eigenvalue weighted by Gasteiger charge is -2.10. The topological polar surface area (TPSA) is 55.6 Å². The number of benzene rings is 1. The first-order valence-electron chi connectivity index (χ1n) is 7.39. The number of nitrogens with one attached hydrogen (secondary N) is 1. The summed E-state index contributed by atoms with van der Waals surface area (Å²) in [6, 6.07) is 7.42. The number of imidazole rings is 1. The summed E-state index contributed by atoms with van der Waals surface area (Å²) in [5.74, 6) is 0.475. The van der Waals surface area contributed by atoms with Crippen molar-refractivity contribution in [3.8, 4) is 5.75 Å². The molecule has 0 atom stereocenters. The number of hydrogen-bond acceptors (Lipinski definition) is 4. The molecule has 0 aliphatic rings. The van der Waals surface area contributed by atoms with Crippen LogP contribution in [0.5, 0.6) is 5.75 Å². The van der Waals surface area contributed by atoms with E-state index in [1.165, 1.54) is 6.08 Å². The molecule has 0 bridgehead atoms. The van der Waals surface area contributed by atoms with Gasteiger partial charge in [-0.1, -0.05) is 19.1 Å². The van der Waals surface area contributed by atoms with Crippen LogP contribution in [0, 0.1) is 0 Å². The van der Waals surface area contributed by atoms with E-state index in [4.69, 9.17) is 4.74 Å². The van der Waals surface area contributed by atoms with Gasteiger partial charge in [-0.3, -0.25) is 9.20 Å². The number of anilines is 1. The Morgan fingerprint density at radius 2 is 2.30 bits per heavy atom. The lowest BCUT2D eigenvalue weighted by atomic mass is 10.3. The van der Waals surface area contributed by atoms with Gasteiger partial charge in [0.15, 0.2) is 4.96 Å². The average molecular weight is 327 g/mol. The predicted molar refractivity (Wildman–Crippen MR) is 93.0 cm³/mol. The molecule has 23 heavy (non-hydrogen) atoms. The van der Waals surface area contributed by atoms with Gasteiger partial charge in [0, 0.05) is 17.7 Å². The quantitative estimate of drug-likeness (QED) is 0.700. The number of fused-ring (bicyclic) bond motifs is 1. The molecule has 0 unspecified atom stereocenters. The van der Waals surface area contributed by atoms with Crippen molar-refractivity contribution in [1.29, 1.82) is 0 Å². The molecular formula is C17H17N3O2S. The van der Waals surface area contributed by atoms with E-state index in [0.29, 0.717) is 18.0 Å². The second kappa shape index (κ2) is 7.11. The van der Waals surface area contributed by atoms with Crippen molar-refractivity contribution in [2.24, 2.45) is 0 Å². The Hall–Kier alpha value is -2.60. The summed E-state index contributed by atoms with van der Waals surface area (Å²) in [6.45, 7) is 2.66. The van der Waals surface area contributed by atoms with Crippen LogP contribution in [0.4, 0.5) is 5.69 Å². The lowest BCUT2D eigenvalue weighted by Crippen LogP contribution is -2.09. The van der Waals surface area contributed by atoms with E-state index in [1.807, 2.05) is 47.2 Å². The second-order valence-electron chi connectivity index (χ2n) is 4.91. The Morgan fingerprint density at radius 3 is 3.17 bits per heavy atom. The molecule has 0 fully saturated rings. The predicted octanol–water partition coefficient (Wildman–Crippen LogP) is 3.84. The molecule has 0 saturated carbocycles. The summed E-state index contributed by atoms with van der Waals surface area (Å²) >= 11 is 1.56. The molecule has 1 amide bonds. The van der Waals surface area contributed by atoms with Gasteiger partial charge in [-0.15, -0.1) is 11.3 Å². The van der Waals surface area contributed by atoms with Crippen LogP contribution in [-0.4, -0.2) is 21.9 Å². The number of rotatable bonds is 6. The number of aromatic nitrogens is 2. The van der Waals surface area contributed by atoms with Gasteiger partial charge in [0.25, 0.3) is 0 Å². The highest BCUT2D eigenvalue weighted by Gasteiger charge is 2.06. The maximum absolute atomic E-state index is 12.1. The molecule has 3 aromatic rings. The monoisotopic (exact) mass is 327 g/mol. The fourth-order valence-corrected chi connectivity index (χ4v) is 2.81. The van der Waals surface area contributed by atoms with E-state index in [0.717, 1.165) is 17.1 Å². The molecule has 0 radical (unpaired) electrons. The minimum atomic E-state index is -0.206. The third-order valence-corrected chi connectivity index (χ3v) is 3.96. The van der Waals surface area contributed by atoms with E-state index in [1.54, 1.807) is 23.6 Å². The van der Waals surface area contributed by atoms with Gasteiger partial charge in [0.05, 0.1) is 24.2 Å². The van der Waals surface area contributed by atoms with Crippen LogP contribution in [0.2, 0.25) is 0 Å². The molecule has 0 spiro atoms. The SMILES string of the molecule is CCCOc1ccccc1NC(=O)/C=C/c1cnc2sccn12. The molecule has 0 saturated heterocycles. The molecule has 3 rings (SSSR count). The Bertz CT molecular complexity index is 835. The number of thiazole rings is 1. The van der Waals surface area contributed by atoms with Crippen molar-refractivity contribution < 1.29 is 9.53 Å². The third-order valence-electron chi connectivity index (χ3n) is 3.19. The Kier molecular flexibility index (Phi) is 4.73. The second-order valence-corrected chi connectivity index (χ2v) is 5.78. The molecule has 118 valence electrons. The lowest BCUT2D eigenvalue weighted by molar-refractivity contribution is -0.111. The number of ether oxygens (including phenoxy) is 1. The van der Waals surface area contributed by atoms with Gasteiger partial charge >= 0.3 is 0 Å². The van der Waals surface area contributed by atoms with Crippen molar-refractivity contribution in [1.82, 2.24) is 9.38 Å². The number of carbonyl (C=O) groups excluding carboxylic acids is 1. The van der Waals surface area contributed by atoms with Crippen molar-refractivity contribution in [3.05, 3.63) is 53.8 Å². The van der Waals surface area contributed by atoms with Gasteiger partial charge in [0.1, 0.15) is 5.75 Å². The van der Waals surface area contributed by atoms with E-state index in [-0.39, 0.29) is 5.91 Å². The molecule has 2 heterocycles. The van der Waals surface area contributed by atoms with Crippen molar-refractivity contribution in [2.45, 2.75) is 13.3 Å². The first-order valence-corrected chi connectivity index (χ1v) is 8.27. The smallest absolute Gasteiger partial charge is 0.248 e. The summed E-state index contributed by atoms with van der Waals surface area (Å²) < 4.78 is 7.57. The van der Waals surface area contributed by atoms with Crippen LogP contribution in [0.3, 0.4) is 0 Å². The zero-order chi connectivity index (χ0) is 16.1. The third kappa shape index (κ3) is 3.60. The van der Waals surface area contributed by atoms with Gasteiger partial charge in [-0.2, -0.15) is 0 Å². The minimum Gasteiger partial charge on any atom is -0.491 e. The number of nitrogens with zero attached hydrogens (tertiary/aromatic N) is 2. The molecule has 5 nitrogen and oxygen atoms in total. The van der Waals surface area contributed by atoms with Crippen molar-refractivity contribution in [3.63, 3.8) is 0 Å². The zero-order valence-electron chi connectivity index (χ0n) is 12.7. The van der Waals surface area contributed by atoms with Crippen LogP contribution in [0.25, 0.3) is 11.0 Å². The molecule has 2 aromatic heterocycles. The molecule has 0 aliphatic carbocycles. The summed E-state index contributed by atoms with van der Waals surface area (Å²) in [5, 5.41) is 4.81. The number of carbonyl (C=O) groups is 1. The van der Waals surface area contributed by atoms with Gasteiger partial charge < -0.3 is 10.1 Å². The molecular weight excluding hydrogens is 310 g/mol. The standard InChI is InChI=1S/C17H17N3O2S/c1-2-10-22-15-6-4-3-5-14(15)19-16(21)8-7-13-12-18-17-20(13)9-11-23-17/h3-9,11-12H,2,10H2,1H3,(H,19,21)/b8-7+. The first-order chi connectivity index (χ1) is 11.3.